The van der Waals surface area contributed by atoms with Gasteiger partial charge in [-0.15, -0.1) is 0 Å². The minimum Gasteiger partial charge on any atom is -0.324 e. The zero-order chi connectivity index (χ0) is 11.8. The van der Waals surface area contributed by atoms with Gasteiger partial charge < -0.3 is 14.7 Å². The normalized spacial score (nSPS) is 15.0. The summed E-state index contributed by atoms with van der Waals surface area (Å²) in [6.45, 7) is 0.498. The number of amides is 1. The molecule has 0 aromatic heterocycles. The molecule has 0 bridgehead atoms. The van der Waals surface area contributed by atoms with Gasteiger partial charge in [0, 0.05) is 12.2 Å². The maximum Gasteiger partial charge on any atom is 0.334 e. The predicted octanol–water partition coefficient (Wildman–Crippen LogP) is 0.753. The van der Waals surface area contributed by atoms with Crippen LogP contribution in [0, 0.1) is 0 Å². The lowest BCUT2D eigenvalue weighted by Gasteiger charge is -2.17. The van der Waals surface area contributed by atoms with Crippen molar-refractivity contribution < 1.29 is 19.1 Å². The Morgan fingerprint density at radius 2 is 2.06 bits per heavy atom. The fourth-order valence-electron chi connectivity index (χ4n) is 1.86. The summed E-state index contributed by atoms with van der Waals surface area (Å²) in [5.74, 6) is -0.515. The molecule has 1 aromatic rings. The van der Waals surface area contributed by atoms with E-state index in [0.29, 0.717) is 6.54 Å². The topological polar surface area (TPSA) is 77.8 Å². The second kappa shape index (κ2) is 4.01. The number of nitrogens with zero attached hydrogens (tertiary/aromatic N) is 1. The Hall–Kier alpha value is -1.16. The number of fused-ring (bicyclic) bond motifs is 1. The Kier molecular flexibility index (Phi) is 2.84. The molecule has 0 saturated carbocycles. The van der Waals surface area contributed by atoms with Gasteiger partial charge in [0.1, 0.15) is 6.16 Å². The molecule has 0 aliphatic carbocycles. The number of benzene rings is 1. The molecular formula is C10H12NO4P. The van der Waals surface area contributed by atoms with Gasteiger partial charge in [-0.05, 0) is 18.1 Å². The number of anilines is 1. The first-order valence-electron chi connectivity index (χ1n) is 4.90. The Morgan fingerprint density at radius 1 is 1.38 bits per heavy atom. The molecule has 86 valence electrons. The van der Waals surface area contributed by atoms with Crippen molar-refractivity contribution in [2.75, 3.05) is 17.6 Å². The van der Waals surface area contributed by atoms with E-state index in [9.17, 15) is 9.36 Å². The number of rotatable bonds is 2. The molecule has 0 radical (unpaired) electrons. The van der Waals surface area contributed by atoms with Crippen LogP contribution >= 0.6 is 7.60 Å². The standard InChI is InChI=1S/C10H12NO4P/c12-10(7-16(13,14)15)11-6-5-8-3-1-2-4-9(8)11/h1-4H,5-7H2,(H2,13,14,15). The fraction of sp³-hybridized carbons (Fsp3) is 0.300. The van der Waals surface area contributed by atoms with E-state index in [4.69, 9.17) is 9.79 Å². The van der Waals surface area contributed by atoms with Gasteiger partial charge in [-0.1, -0.05) is 18.2 Å². The van der Waals surface area contributed by atoms with Crippen molar-refractivity contribution in [1.29, 1.82) is 0 Å². The van der Waals surface area contributed by atoms with Crippen LogP contribution in [-0.2, 0) is 15.8 Å². The van der Waals surface area contributed by atoms with Crippen LogP contribution in [-0.4, -0.2) is 28.4 Å². The Bertz CT molecular complexity index is 468. The van der Waals surface area contributed by atoms with Gasteiger partial charge in [0.25, 0.3) is 0 Å². The summed E-state index contributed by atoms with van der Waals surface area (Å²) < 4.78 is 10.8. The molecule has 0 unspecified atom stereocenters. The summed E-state index contributed by atoms with van der Waals surface area (Å²) in [5.41, 5.74) is 1.81. The minimum absolute atomic E-state index is 0.498. The lowest BCUT2D eigenvalue weighted by Crippen LogP contribution is -2.31. The highest BCUT2D eigenvalue weighted by atomic mass is 31.2. The van der Waals surface area contributed by atoms with E-state index in [2.05, 4.69) is 0 Å². The molecule has 1 heterocycles. The van der Waals surface area contributed by atoms with E-state index in [-0.39, 0.29) is 0 Å². The Morgan fingerprint density at radius 3 is 2.75 bits per heavy atom. The zero-order valence-electron chi connectivity index (χ0n) is 8.54. The molecule has 1 amide bonds. The molecule has 6 heteroatoms. The number of hydrogen-bond donors (Lipinski definition) is 2. The molecule has 2 N–H and O–H groups in total. The van der Waals surface area contributed by atoms with E-state index >= 15 is 0 Å². The summed E-state index contributed by atoms with van der Waals surface area (Å²) in [5, 5.41) is 0. The molecule has 1 aliphatic heterocycles. The highest BCUT2D eigenvalue weighted by molar-refractivity contribution is 7.52. The Balaban J connectivity index is 2.20. The highest BCUT2D eigenvalue weighted by Crippen LogP contribution is 2.36. The summed E-state index contributed by atoms with van der Waals surface area (Å²) in [7, 11) is -4.28. The average molecular weight is 241 g/mol. The third-order valence-corrected chi connectivity index (χ3v) is 3.21. The molecule has 2 rings (SSSR count). The van der Waals surface area contributed by atoms with Gasteiger partial charge in [0.05, 0.1) is 0 Å². The maximum atomic E-state index is 11.7. The minimum atomic E-state index is -4.28. The molecule has 0 saturated heterocycles. The molecule has 1 aromatic carbocycles. The van der Waals surface area contributed by atoms with Crippen LogP contribution in [0.2, 0.25) is 0 Å². The van der Waals surface area contributed by atoms with E-state index < -0.39 is 19.7 Å². The number of carbonyl (C=O) groups excluding carboxylic acids is 1. The van der Waals surface area contributed by atoms with Crippen LogP contribution in [0.15, 0.2) is 24.3 Å². The van der Waals surface area contributed by atoms with Crippen LogP contribution in [0.3, 0.4) is 0 Å². The molecule has 16 heavy (non-hydrogen) atoms. The lowest BCUT2D eigenvalue weighted by atomic mass is 10.2. The molecule has 1 aliphatic rings. The van der Waals surface area contributed by atoms with Crippen LogP contribution in [0.1, 0.15) is 5.56 Å². The molecule has 0 atom stereocenters. The number of carbonyl (C=O) groups is 1. The van der Waals surface area contributed by atoms with Crippen molar-refractivity contribution in [1.82, 2.24) is 0 Å². The second-order valence-electron chi connectivity index (χ2n) is 3.75. The van der Waals surface area contributed by atoms with Gasteiger partial charge in [0.2, 0.25) is 5.91 Å². The maximum absolute atomic E-state index is 11.7. The largest absolute Gasteiger partial charge is 0.334 e. The van der Waals surface area contributed by atoms with Crippen molar-refractivity contribution in [3.8, 4) is 0 Å². The summed E-state index contributed by atoms with van der Waals surface area (Å²) in [6.07, 6.45) is 0.0183. The molecule has 0 spiro atoms. The third-order valence-electron chi connectivity index (χ3n) is 2.53. The first kappa shape index (κ1) is 11.3. The SMILES string of the molecule is O=C(CP(=O)(O)O)N1CCc2ccccc21. The van der Waals surface area contributed by atoms with E-state index in [1.54, 1.807) is 6.07 Å². The first-order chi connectivity index (χ1) is 7.47. The number of hydrogen-bond acceptors (Lipinski definition) is 2. The summed E-state index contributed by atoms with van der Waals surface area (Å²) >= 11 is 0. The van der Waals surface area contributed by atoms with E-state index in [1.165, 1.54) is 4.90 Å². The average Bonchev–Trinajstić information content (AvgIpc) is 2.58. The Labute approximate surface area is 92.9 Å². The van der Waals surface area contributed by atoms with Crippen molar-refractivity contribution in [2.24, 2.45) is 0 Å². The van der Waals surface area contributed by atoms with Crippen molar-refractivity contribution in [3.05, 3.63) is 29.8 Å². The molecule has 0 fully saturated rings. The lowest BCUT2D eigenvalue weighted by molar-refractivity contribution is -0.116. The predicted molar refractivity (Wildman–Crippen MR) is 59.4 cm³/mol. The van der Waals surface area contributed by atoms with Crippen LogP contribution < -0.4 is 4.90 Å². The first-order valence-corrected chi connectivity index (χ1v) is 6.70. The summed E-state index contributed by atoms with van der Waals surface area (Å²) in [4.78, 5) is 30.6. The van der Waals surface area contributed by atoms with Crippen molar-refractivity contribution in [3.63, 3.8) is 0 Å². The van der Waals surface area contributed by atoms with Crippen molar-refractivity contribution >= 4 is 19.2 Å². The van der Waals surface area contributed by atoms with E-state index in [1.807, 2.05) is 18.2 Å². The van der Waals surface area contributed by atoms with Gasteiger partial charge in [0.15, 0.2) is 0 Å². The number of para-hydroxylation sites is 1. The van der Waals surface area contributed by atoms with Crippen LogP contribution in [0.25, 0.3) is 0 Å². The van der Waals surface area contributed by atoms with Gasteiger partial charge >= 0.3 is 7.60 Å². The van der Waals surface area contributed by atoms with Crippen LogP contribution in [0.5, 0.6) is 0 Å². The fourth-order valence-corrected chi connectivity index (χ4v) is 2.38. The van der Waals surface area contributed by atoms with Crippen LogP contribution in [0.4, 0.5) is 5.69 Å². The smallest absolute Gasteiger partial charge is 0.324 e. The third kappa shape index (κ3) is 2.32. The monoisotopic (exact) mass is 241 g/mol. The second-order valence-corrected chi connectivity index (χ2v) is 5.39. The van der Waals surface area contributed by atoms with Crippen molar-refractivity contribution in [2.45, 2.75) is 6.42 Å². The van der Waals surface area contributed by atoms with E-state index in [0.717, 1.165) is 17.7 Å². The quantitative estimate of drug-likeness (QED) is 0.749. The van der Waals surface area contributed by atoms with Gasteiger partial charge in [-0.2, -0.15) is 0 Å². The van der Waals surface area contributed by atoms with Gasteiger partial charge in [-0.25, -0.2) is 0 Å². The molecular weight excluding hydrogens is 229 g/mol. The highest BCUT2D eigenvalue weighted by Gasteiger charge is 2.28. The van der Waals surface area contributed by atoms with Gasteiger partial charge in [-0.3, -0.25) is 9.36 Å². The zero-order valence-corrected chi connectivity index (χ0v) is 9.43. The molecule has 5 nitrogen and oxygen atoms in total. The summed E-state index contributed by atoms with van der Waals surface area (Å²) in [6, 6.07) is 7.40.